The number of rotatable bonds is 8. The van der Waals surface area contributed by atoms with Crippen LogP contribution in [0.4, 0.5) is 0 Å². The third-order valence-corrected chi connectivity index (χ3v) is 4.14. The van der Waals surface area contributed by atoms with Crippen LogP contribution in [0.1, 0.15) is 29.7 Å². The van der Waals surface area contributed by atoms with Crippen LogP contribution in [-0.4, -0.2) is 50.0 Å². The molecule has 2 N–H and O–H groups in total. The summed E-state index contributed by atoms with van der Waals surface area (Å²) in [6.45, 7) is 8.75. The highest BCUT2D eigenvalue weighted by Gasteiger charge is 2.15. The van der Waals surface area contributed by atoms with E-state index in [4.69, 9.17) is 9.47 Å². The number of halogens is 1. The molecule has 1 aliphatic rings. The van der Waals surface area contributed by atoms with Gasteiger partial charge in [0.15, 0.2) is 5.96 Å². The molecule has 0 radical (unpaired) electrons. The first-order valence-corrected chi connectivity index (χ1v) is 8.72. The van der Waals surface area contributed by atoms with Gasteiger partial charge in [-0.15, -0.1) is 35.3 Å². The lowest BCUT2D eigenvalue weighted by Gasteiger charge is -2.12. The summed E-state index contributed by atoms with van der Waals surface area (Å²) in [6.07, 6.45) is 4.15. The number of nitrogens with zero attached hydrogens (tertiary/aromatic N) is 2. The second-order valence-corrected chi connectivity index (χ2v) is 6.52. The minimum absolute atomic E-state index is 0. The molecule has 0 bridgehead atoms. The monoisotopic (exact) mass is 454 g/mol. The van der Waals surface area contributed by atoms with Crippen LogP contribution in [0.3, 0.4) is 0 Å². The molecule has 0 amide bonds. The van der Waals surface area contributed by atoms with Crippen molar-refractivity contribution < 1.29 is 9.47 Å². The molecular weight excluding hydrogens is 427 g/mol. The fourth-order valence-corrected chi connectivity index (χ4v) is 2.85. The van der Waals surface area contributed by atoms with Crippen molar-refractivity contribution in [3.63, 3.8) is 0 Å². The van der Waals surface area contributed by atoms with Gasteiger partial charge in [-0.1, -0.05) is 0 Å². The van der Waals surface area contributed by atoms with Crippen molar-refractivity contribution >= 4 is 41.3 Å². The number of hydrogen-bond donors (Lipinski definition) is 2. The van der Waals surface area contributed by atoms with Crippen molar-refractivity contribution in [1.29, 1.82) is 0 Å². The fraction of sp³-hybridized carbons (Fsp3) is 0.733. The van der Waals surface area contributed by atoms with Gasteiger partial charge in [0, 0.05) is 37.4 Å². The molecule has 6 nitrogen and oxygen atoms in total. The van der Waals surface area contributed by atoms with Crippen LogP contribution in [-0.2, 0) is 16.0 Å². The molecule has 1 atom stereocenters. The number of aliphatic imine (C=N–C) groups is 1. The van der Waals surface area contributed by atoms with E-state index in [-0.39, 0.29) is 30.1 Å². The van der Waals surface area contributed by atoms with Crippen molar-refractivity contribution in [2.75, 3.05) is 32.9 Å². The zero-order valence-electron chi connectivity index (χ0n) is 13.8. The first kappa shape index (κ1) is 20.6. The Morgan fingerprint density at radius 3 is 3.04 bits per heavy atom. The number of thiazole rings is 1. The van der Waals surface area contributed by atoms with E-state index in [0.29, 0.717) is 6.54 Å². The standard InChI is InChI=1S/C15H26N4O2S.HI/c1-3-16-15(19-10-14-18-9-12(2)22-14)17-6-4-7-21-13-5-8-20-11-13;/h9,13H,3-8,10-11H2,1-2H3,(H2,16,17,19);1H. The molecule has 1 aliphatic heterocycles. The second-order valence-electron chi connectivity index (χ2n) is 5.20. The van der Waals surface area contributed by atoms with Crippen LogP contribution in [0.2, 0.25) is 0 Å². The molecule has 2 heterocycles. The van der Waals surface area contributed by atoms with Crippen molar-refractivity contribution in [2.24, 2.45) is 4.99 Å². The van der Waals surface area contributed by atoms with Crippen LogP contribution in [0.25, 0.3) is 0 Å². The Morgan fingerprint density at radius 1 is 1.52 bits per heavy atom. The van der Waals surface area contributed by atoms with Gasteiger partial charge in [0.2, 0.25) is 0 Å². The molecule has 132 valence electrons. The van der Waals surface area contributed by atoms with Gasteiger partial charge in [-0.05, 0) is 26.7 Å². The maximum atomic E-state index is 5.74. The Kier molecular flexibility index (Phi) is 10.7. The van der Waals surface area contributed by atoms with E-state index < -0.39 is 0 Å². The van der Waals surface area contributed by atoms with E-state index >= 15 is 0 Å². The molecule has 0 aliphatic carbocycles. The summed E-state index contributed by atoms with van der Waals surface area (Å²) in [7, 11) is 0. The molecule has 2 rings (SSSR count). The van der Waals surface area contributed by atoms with Gasteiger partial charge in [-0.3, -0.25) is 0 Å². The molecule has 1 aromatic heterocycles. The third kappa shape index (κ3) is 8.27. The molecule has 23 heavy (non-hydrogen) atoms. The van der Waals surface area contributed by atoms with Crippen molar-refractivity contribution in [2.45, 2.75) is 39.3 Å². The van der Waals surface area contributed by atoms with E-state index in [9.17, 15) is 0 Å². The van der Waals surface area contributed by atoms with Crippen LogP contribution in [0.5, 0.6) is 0 Å². The molecule has 0 saturated carbocycles. The summed E-state index contributed by atoms with van der Waals surface area (Å²) in [4.78, 5) is 10.1. The van der Waals surface area contributed by atoms with Crippen LogP contribution in [0, 0.1) is 6.92 Å². The fourth-order valence-electron chi connectivity index (χ4n) is 2.14. The number of guanidine groups is 1. The average molecular weight is 454 g/mol. The van der Waals surface area contributed by atoms with Gasteiger partial charge in [0.1, 0.15) is 5.01 Å². The number of aromatic nitrogens is 1. The lowest BCUT2D eigenvalue weighted by Crippen LogP contribution is -2.38. The highest BCUT2D eigenvalue weighted by molar-refractivity contribution is 14.0. The molecule has 8 heteroatoms. The Balaban J connectivity index is 0.00000264. The van der Waals surface area contributed by atoms with Crippen LogP contribution >= 0.6 is 35.3 Å². The third-order valence-electron chi connectivity index (χ3n) is 3.24. The van der Waals surface area contributed by atoms with Crippen LogP contribution in [0.15, 0.2) is 11.2 Å². The van der Waals surface area contributed by atoms with Gasteiger partial charge < -0.3 is 20.1 Å². The molecule has 1 fully saturated rings. The van der Waals surface area contributed by atoms with Gasteiger partial charge >= 0.3 is 0 Å². The first-order valence-electron chi connectivity index (χ1n) is 7.90. The van der Waals surface area contributed by atoms with Gasteiger partial charge in [-0.25, -0.2) is 9.98 Å². The predicted octanol–water partition coefficient (Wildman–Crippen LogP) is 2.32. The Labute approximate surface area is 159 Å². The Bertz CT molecular complexity index is 464. The van der Waals surface area contributed by atoms with Crippen molar-refractivity contribution in [3.8, 4) is 0 Å². The molecule has 1 saturated heterocycles. The van der Waals surface area contributed by atoms with E-state index in [1.165, 1.54) is 4.88 Å². The van der Waals surface area contributed by atoms with E-state index in [2.05, 4.69) is 34.5 Å². The molecular formula is C15H27IN4O2S. The molecule has 0 spiro atoms. The zero-order valence-corrected chi connectivity index (χ0v) is 17.0. The smallest absolute Gasteiger partial charge is 0.191 e. The Hall–Kier alpha value is -0.450. The first-order chi connectivity index (χ1) is 10.8. The van der Waals surface area contributed by atoms with E-state index in [0.717, 1.165) is 56.7 Å². The van der Waals surface area contributed by atoms with Gasteiger partial charge in [0.25, 0.3) is 0 Å². The SMILES string of the molecule is CCNC(=NCc1ncc(C)s1)NCCCOC1CCOC1.I. The normalized spacial score (nSPS) is 17.8. The largest absolute Gasteiger partial charge is 0.379 e. The second kappa shape index (κ2) is 12.0. The number of ether oxygens (including phenoxy) is 2. The summed E-state index contributed by atoms with van der Waals surface area (Å²) in [5, 5.41) is 7.62. The molecule has 1 unspecified atom stereocenters. The summed E-state index contributed by atoms with van der Waals surface area (Å²) < 4.78 is 11.0. The number of nitrogens with one attached hydrogen (secondary N) is 2. The van der Waals surface area contributed by atoms with Crippen molar-refractivity contribution in [3.05, 3.63) is 16.1 Å². The minimum Gasteiger partial charge on any atom is -0.379 e. The van der Waals surface area contributed by atoms with Gasteiger partial charge in [0.05, 0.1) is 19.3 Å². The lowest BCUT2D eigenvalue weighted by atomic mass is 10.3. The highest BCUT2D eigenvalue weighted by atomic mass is 127. The van der Waals surface area contributed by atoms with Crippen molar-refractivity contribution in [1.82, 2.24) is 15.6 Å². The van der Waals surface area contributed by atoms with E-state index in [1.54, 1.807) is 11.3 Å². The van der Waals surface area contributed by atoms with E-state index in [1.807, 2.05) is 6.20 Å². The zero-order chi connectivity index (χ0) is 15.6. The van der Waals surface area contributed by atoms with Crippen LogP contribution < -0.4 is 10.6 Å². The number of aryl methyl sites for hydroxylation is 1. The number of hydrogen-bond acceptors (Lipinski definition) is 5. The summed E-state index contributed by atoms with van der Waals surface area (Å²) in [5.74, 6) is 0.833. The molecule has 1 aromatic rings. The van der Waals surface area contributed by atoms with Gasteiger partial charge in [-0.2, -0.15) is 0 Å². The summed E-state index contributed by atoms with van der Waals surface area (Å²) in [5.41, 5.74) is 0. The summed E-state index contributed by atoms with van der Waals surface area (Å²) in [6, 6.07) is 0. The summed E-state index contributed by atoms with van der Waals surface area (Å²) >= 11 is 1.69. The maximum absolute atomic E-state index is 5.74. The lowest BCUT2D eigenvalue weighted by molar-refractivity contribution is 0.0420. The quantitative estimate of drug-likeness (QED) is 0.273. The highest BCUT2D eigenvalue weighted by Crippen LogP contribution is 2.11. The topological polar surface area (TPSA) is 67.8 Å². The predicted molar refractivity (Wildman–Crippen MR) is 105 cm³/mol. The molecule has 0 aromatic carbocycles. The Morgan fingerprint density at radius 2 is 2.39 bits per heavy atom. The maximum Gasteiger partial charge on any atom is 0.191 e. The minimum atomic E-state index is 0. The average Bonchev–Trinajstić information content (AvgIpc) is 3.16.